The molecule has 3 rings (SSSR count). The lowest BCUT2D eigenvalue weighted by atomic mass is 9.94. The molecule has 1 aliphatic rings. The van der Waals surface area contributed by atoms with Crippen LogP contribution < -0.4 is 10.2 Å². The number of pyridine rings is 1. The van der Waals surface area contributed by atoms with Crippen LogP contribution in [0.2, 0.25) is 0 Å². The van der Waals surface area contributed by atoms with Gasteiger partial charge in [0, 0.05) is 42.7 Å². The summed E-state index contributed by atoms with van der Waals surface area (Å²) in [6, 6.07) is 5.05. The molecule has 0 radical (unpaired) electrons. The van der Waals surface area contributed by atoms with Crippen molar-refractivity contribution < 1.29 is 19.7 Å². The van der Waals surface area contributed by atoms with Gasteiger partial charge < -0.3 is 24.8 Å². The Kier molecular flexibility index (Phi) is 4.55. The SMILES string of the molecule is COc1ccc2[nH]cc(C(=O)N3CC[C@@H](CO)[C@H](O)C3)c(=O)c2c1. The number of aromatic amines is 1. The van der Waals surface area contributed by atoms with E-state index in [4.69, 9.17) is 4.74 Å². The Morgan fingerprint density at radius 3 is 2.92 bits per heavy atom. The first-order valence-electron chi connectivity index (χ1n) is 7.82. The van der Waals surface area contributed by atoms with Crippen LogP contribution in [0.25, 0.3) is 10.9 Å². The number of aliphatic hydroxyl groups is 2. The van der Waals surface area contributed by atoms with Gasteiger partial charge in [-0.15, -0.1) is 0 Å². The Morgan fingerprint density at radius 2 is 2.25 bits per heavy atom. The predicted molar refractivity (Wildman–Crippen MR) is 88.2 cm³/mol. The normalized spacial score (nSPS) is 21.0. The number of piperidine rings is 1. The molecule has 1 aromatic carbocycles. The highest BCUT2D eigenvalue weighted by Crippen LogP contribution is 2.20. The van der Waals surface area contributed by atoms with E-state index >= 15 is 0 Å². The second-order valence-corrected chi connectivity index (χ2v) is 5.99. The maximum Gasteiger partial charge on any atom is 0.259 e. The Morgan fingerprint density at radius 1 is 1.46 bits per heavy atom. The quantitative estimate of drug-likeness (QED) is 0.753. The summed E-state index contributed by atoms with van der Waals surface area (Å²) in [5.74, 6) is -0.110. The minimum Gasteiger partial charge on any atom is -0.497 e. The zero-order chi connectivity index (χ0) is 17.3. The van der Waals surface area contributed by atoms with E-state index in [9.17, 15) is 19.8 Å². The molecule has 7 heteroatoms. The summed E-state index contributed by atoms with van der Waals surface area (Å²) in [5.41, 5.74) is 0.285. The van der Waals surface area contributed by atoms with Gasteiger partial charge >= 0.3 is 0 Å². The van der Waals surface area contributed by atoms with Crippen LogP contribution >= 0.6 is 0 Å². The van der Waals surface area contributed by atoms with Crippen LogP contribution in [-0.2, 0) is 0 Å². The van der Waals surface area contributed by atoms with Gasteiger partial charge in [-0.05, 0) is 24.6 Å². The van der Waals surface area contributed by atoms with Crippen LogP contribution in [0.1, 0.15) is 16.8 Å². The number of methoxy groups -OCH3 is 1. The number of H-pyrrole nitrogens is 1. The maximum absolute atomic E-state index is 12.7. The fourth-order valence-electron chi connectivity index (χ4n) is 3.03. The lowest BCUT2D eigenvalue weighted by Gasteiger charge is -2.35. The molecule has 0 aliphatic carbocycles. The first-order chi connectivity index (χ1) is 11.5. The van der Waals surface area contributed by atoms with E-state index in [0.29, 0.717) is 29.6 Å². The Labute approximate surface area is 138 Å². The molecular formula is C17H20N2O5. The average Bonchev–Trinajstić information content (AvgIpc) is 2.61. The third-order valence-corrected chi connectivity index (χ3v) is 4.56. The van der Waals surface area contributed by atoms with Gasteiger partial charge in [0.15, 0.2) is 0 Å². The van der Waals surface area contributed by atoms with Crippen LogP contribution in [0, 0.1) is 5.92 Å². The van der Waals surface area contributed by atoms with Crippen molar-refractivity contribution in [1.29, 1.82) is 0 Å². The van der Waals surface area contributed by atoms with Crippen LogP contribution in [-0.4, -0.2) is 58.9 Å². The zero-order valence-corrected chi connectivity index (χ0v) is 13.4. The third kappa shape index (κ3) is 2.88. The van der Waals surface area contributed by atoms with Crippen LogP contribution in [0.4, 0.5) is 0 Å². The fraction of sp³-hybridized carbons (Fsp3) is 0.412. The van der Waals surface area contributed by atoms with Crippen LogP contribution in [0.15, 0.2) is 29.2 Å². The monoisotopic (exact) mass is 332 g/mol. The van der Waals surface area contributed by atoms with Gasteiger partial charge in [-0.1, -0.05) is 0 Å². The molecule has 128 valence electrons. The molecule has 7 nitrogen and oxygen atoms in total. The Balaban J connectivity index is 1.93. The van der Waals surface area contributed by atoms with E-state index < -0.39 is 12.0 Å². The van der Waals surface area contributed by atoms with E-state index in [1.807, 2.05) is 0 Å². The smallest absolute Gasteiger partial charge is 0.259 e. The molecule has 1 amide bonds. The van der Waals surface area contributed by atoms with Crippen molar-refractivity contribution in [3.8, 4) is 5.75 Å². The molecule has 2 heterocycles. The van der Waals surface area contributed by atoms with Crippen molar-refractivity contribution in [1.82, 2.24) is 9.88 Å². The average molecular weight is 332 g/mol. The molecule has 2 aromatic rings. The minimum absolute atomic E-state index is 0.0328. The van der Waals surface area contributed by atoms with Gasteiger partial charge in [0.2, 0.25) is 5.43 Å². The second-order valence-electron chi connectivity index (χ2n) is 5.99. The Hall–Kier alpha value is -2.38. The van der Waals surface area contributed by atoms with Gasteiger partial charge in [-0.3, -0.25) is 9.59 Å². The molecule has 1 fully saturated rings. The number of hydrogen-bond acceptors (Lipinski definition) is 5. The lowest BCUT2D eigenvalue weighted by molar-refractivity contribution is 0.000820. The van der Waals surface area contributed by atoms with E-state index in [2.05, 4.69) is 4.98 Å². The molecule has 1 aromatic heterocycles. The van der Waals surface area contributed by atoms with Crippen molar-refractivity contribution in [3.05, 3.63) is 40.2 Å². The van der Waals surface area contributed by atoms with Crippen molar-refractivity contribution >= 4 is 16.8 Å². The number of hydrogen-bond donors (Lipinski definition) is 3. The maximum atomic E-state index is 12.7. The van der Waals surface area contributed by atoms with Crippen molar-refractivity contribution in [2.75, 3.05) is 26.8 Å². The number of aromatic nitrogens is 1. The second kappa shape index (κ2) is 6.62. The fourth-order valence-corrected chi connectivity index (χ4v) is 3.03. The summed E-state index contributed by atoms with van der Waals surface area (Å²) in [6.45, 7) is 0.399. The number of amides is 1. The number of rotatable bonds is 3. The van der Waals surface area contributed by atoms with Crippen molar-refractivity contribution in [2.24, 2.45) is 5.92 Å². The van der Waals surface area contributed by atoms with Gasteiger partial charge in [-0.25, -0.2) is 0 Å². The first kappa shape index (κ1) is 16.5. The standard InChI is InChI=1S/C17H20N2O5/c1-24-11-2-3-14-12(6-11)16(22)13(7-18-14)17(23)19-5-4-10(9-20)15(21)8-19/h2-3,6-7,10,15,20-21H,4-5,8-9H2,1H3,(H,18,22)/t10-,15+/m0/s1. The zero-order valence-electron chi connectivity index (χ0n) is 13.4. The largest absolute Gasteiger partial charge is 0.497 e. The molecule has 0 bridgehead atoms. The van der Waals surface area contributed by atoms with Crippen molar-refractivity contribution in [2.45, 2.75) is 12.5 Å². The summed E-state index contributed by atoms with van der Waals surface area (Å²) in [7, 11) is 1.51. The topological polar surface area (TPSA) is 103 Å². The summed E-state index contributed by atoms with van der Waals surface area (Å²) >= 11 is 0. The van der Waals surface area contributed by atoms with Gasteiger partial charge in [0.1, 0.15) is 11.3 Å². The molecule has 3 N–H and O–H groups in total. The Bertz CT molecular complexity index is 816. The highest BCUT2D eigenvalue weighted by Gasteiger charge is 2.31. The van der Waals surface area contributed by atoms with E-state index in [1.54, 1.807) is 18.2 Å². The lowest BCUT2D eigenvalue weighted by Crippen LogP contribution is -2.48. The third-order valence-electron chi connectivity index (χ3n) is 4.56. The number of nitrogens with zero attached hydrogens (tertiary/aromatic N) is 1. The number of aliphatic hydroxyl groups excluding tert-OH is 2. The number of β-amino-alcohol motifs (C(OH)–C–C–N with tert-alkyl or cyclic N) is 1. The predicted octanol–water partition coefficient (Wildman–Crippen LogP) is 0.352. The molecule has 0 unspecified atom stereocenters. The summed E-state index contributed by atoms with van der Waals surface area (Å²) in [5, 5.41) is 19.6. The number of likely N-dealkylation sites (tertiary alicyclic amines) is 1. The highest BCUT2D eigenvalue weighted by molar-refractivity contribution is 5.97. The minimum atomic E-state index is -0.785. The molecule has 0 spiro atoms. The van der Waals surface area contributed by atoms with E-state index in [1.165, 1.54) is 18.2 Å². The summed E-state index contributed by atoms with van der Waals surface area (Å²) in [6.07, 6.45) is 1.12. The van der Waals surface area contributed by atoms with Gasteiger partial charge in [0.25, 0.3) is 5.91 Å². The van der Waals surface area contributed by atoms with E-state index in [-0.39, 0.29) is 30.1 Å². The van der Waals surface area contributed by atoms with Crippen LogP contribution in [0.5, 0.6) is 5.75 Å². The summed E-state index contributed by atoms with van der Waals surface area (Å²) in [4.78, 5) is 29.7. The number of nitrogens with one attached hydrogen (secondary N) is 1. The first-order valence-corrected chi connectivity index (χ1v) is 7.82. The molecule has 1 aliphatic heterocycles. The molecule has 24 heavy (non-hydrogen) atoms. The van der Waals surface area contributed by atoms with Crippen molar-refractivity contribution in [3.63, 3.8) is 0 Å². The molecule has 0 saturated carbocycles. The number of carbonyl (C=O) groups is 1. The van der Waals surface area contributed by atoms with Gasteiger partial charge in [0.05, 0.1) is 13.2 Å². The molecular weight excluding hydrogens is 312 g/mol. The number of carbonyl (C=O) groups excluding carboxylic acids is 1. The molecule has 1 saturated heterocycles. The summed E-state index contributed by atoms with van der Waals surface area (Å²) < 4.78 is 5.13. The van der Waals surface area contributed by atoms with E-state index in [0.717, 1.165) is 0 Å². The number of fused-ring (bicyclic) bond motifs is 1. The number of ether oxygens (including phenoxy) is 1. The highest BCUT2D eigenvalue weighted by atomic mass is 16.5. The number of benzene rings is 1. The van der Waals surface area contributed by atoms with Gasteiger partial charge in [-0.2, -0.15) is 0 Å². The van der Waals surface area contributed by atoms with Crippen LogP contribution in [0.3, 0.4) is 0 Å². The molecule has 2 atom stereocenters.